The Balaban J connectivity index is 3.26. The summed E-state index contributed by atoms with van der Waals surface area (Å²) in [6.45, 7) is 1.83. The average molecular weight is 134 g/mol. The summed E-state index contributed by atoms with van der Waals surface area (Å²) in [4.78, 5) is 9.70. The zero-order chi connectivity index (χ0) is 7.28. The number of aliphatic hydroxyl groups excluding tert-OH is 1. The lowest BCUT2D eigenvalue weighted by Gasteiger charge is -2.05. The van der Waals surface area contributed by atoms with Gasteiger partial charge < -0.3 is 14.9 Å². The van der Waals surface area contributed by atoms with E-state index in [0.29, 0.717) is 12.8 Å². The highest BCUT2D eigenvalue weighted by Crippen LogP contribution is 1.96. The Bertz CT molecular complexity index is 91.0. The topological polar surface area (TPSA) is 66.8 Å². The summed E-state index contributed by atoms with van der Waals surface area (Å²) < 4.78 is 3.96. The van der Waals surface area contributed by atoms with Crippen molar-refractivity contribution in [2.24, 2.45) is 0 Å². The summed E-state index contributed by atoms with van der Waals surface area (Å²) in [5.74, 6) is 0. The van der Waals surface area contributed by atoms with E-state index in [4.69, 9.17) is 10.2 Å². The predicted molar refractivity (Wildman–Crippen MR) is 30.0 cm³/mol. The van der Waals surface area contributed by atoms with Crippen molar-refractivity contribution >= 4 is 6.16 Å². The van der Waals surface area contributed by atoms with Crippen molar-refractivity contribution in [2.75, 3.05) is 0 Å². The molecule has 0 aliphatic carbocycles. The molecule has 0 saturated carbocycles. The number of carbonyl (C=O) groups is 1. The fourth-order valence-electron chi connectivity index (χ4n) is 0.422. The molecule has 54 valence electrons. The summed E-state index contributed by atoms with van der Waals surface area (Å²) in [6, 6.07) is 0. The maximum absolute atomic E-state index is 9.70. The summed E-state index contributed by atoms with van der Waals surface area (Å²) in [5, 5.41) is 16.5. The van der Waals surface area contributed by atoms with E-state index < -0.39 is 12.4 Å². The Labute approximate surface area is 53.1 Å². The van der Waals surface area contributed by atoms with Crippen molar-refractivity contribution < 1.29 is 19.7 Å². The van der Waals surface area contributed by atoms with Crippen LogP contribution in [0.2, 0.25) is 0 Å². The molecule has 1 unspecified atom stereocenters. The maximum atomic E-state index is 9.70. The molecule has 1 atom stereocenters. The third-order valence-corrected chi connectivity index (χ3v) is 0.772. The number of hydrogen-bond acceptors (Lipinski definition) is 3. The van der Waals surface area contributed by atoms with Gasteiger partial charge >= 0.3 is 6.16 Å². The highest BCUT2D eigenvalue weighted by molar-refractivity contribution is 5.56. The first-order chi connectivity index (χ1) is 4.16. The minimum absolute atomic E-state index is 0.353. The van der Waals surface area contributed by atoms with Crippen LogP contribution in [0.3, 0.4) is 0 Å². The highest BCUT2D eigenvalue weighted by atomic mass is 16.7. The van der Waals surface area contributed by atoms with Gasteiger partial charge in [-0.2, -0.15) is 0 Å². The molecule has 0 fully saturated rings. The smallest absolute Gasteiger partial charge is 0.450 e. The van der Waals surface area contributed by atoms with E-state index in [1.807, 2.05) is 6.92 Å². The van der Waals surface area contributed by atoms with Crippen molar-refractivity contribution in [1.29, 1.82) is 0 Å². The lowest BCUT2D eigenvalue weighted by atomic mass is 10.3. The third kappa shape index (κ3) is 5.10. The lowest BCUT2D eigenvalue weighted by molar-refractivity contribution is -0.0745. The second kappa shape index (κ2) is 4.14. The van der Waals surface area contributed by atoms with Crippen LogP contribution in [0, 0.1) is 0 Å². The first-order valence-corrected chi connectivity index (χ1v) is 2.74. The number of hydrogen-bond donors (Lipinski definition) is 2. The van der Waals surface area contributed by atoms with Crippen LogP contribution < -0.4 is 0 Å². The van der Waals surface area contributed by atoms with Crippen molar-refractivity contribution in [2.45, 2.75) is 26.1 Å². The molecule has 0 saturated heterocycles. The van der Waals surface area contributed by atoms with Gasteiger partial charge in [0, 0.05) is 6.42 Å². The van der Waals surface area contributed by atoms with Gasteiger partial charge in [-0.1, -0.05) is 13.3 Å². The highest BCUT2D eigenvalue weighted by Gasteiger charge is 2.05. The van der Waals surface area contributed by atoms with E-state index in [2.05, 4.69) is 4.74 Å². The molecule has 0 spiro atoms. The first-order valence-electron chi connectivity index (χ1n) is 2.74. The van der Waals surface area contributed by atoms with Crippen LogP contribution in [0.1, 0.15) is 19.8 Å². The fraction of sp³-hybridized carbons (Fsp3) is 0.800. The summed E-state index contributed by atoms with van der Waals surface area (Å²) in [6.07, 6.45) is -1.54. The average Bonchev–Trinajstić information content (AvgIpc) is 1.63. The van der Waals surface area contributed by atoms with Gasteiger partial charge in [0.2, 0.25) is 6.29 Å². The van der Waals surface area contributed by atoms with Crippen LogP contribution in [0.15, 0.2) is 0 Å². The zero-order valence-corrected chi connectivity index (χ0v) is 5.20. The molecular formula is C5H10O4. The molecule has 0 aliphatic heterocycles. The van der Waals surface area contributed by atoms with E-state index in [-0.39, 0.29) is 0 Å². The van der Waals surface area contributed by atoms with Crippen molar-refractivity contribution in [3.05, 3.63) is 0 Å². The standard InChI is InChI=1S/C5H10O4/c1-2-3-4(6)9-5(7)8/h4,6H,2-3H2,1H3,(H,7,8). The summed E-state index contributed by atoms with van der Waals surface area (Å²) in [7, 11) is 0. The van der Waals surface area contributed by atoms with Gasteiger partial charge in [0.15, 0.2) is 0 Å². The van der Waals surface area contributed by atoms with Gasteiger partial charge in [-0.05, 0) is 0 Å². The Morgan fingerprint density at radius 2 is 2.33 bits per heavy atom. The van der Waals surface area contributed by atoms with Gasteiger partial charge in [-0.3, -0.25) is 0 Å². The number of carboxylic acid groups (broad SMARTS) is 1. The van der Waals surface area contributed by atoms with Gasteiger partial charge in [-0.25, -0.2) is 4.79 Å². The van der Waals surface area contributed by atoms with Crippen LogP contribution in [-0.2, 0) is 4.74 Å². The first kappa shape index (κ1) is 8.23. The van der Waals surface area contributed by atoms with Gasteiger partial charge in [0.1, 0.15) is 0 Å². The van der Waals surface area contributed by atoms with Gasteiger partial charge in [0.25, 0.3) is 0 Å². The molecule has 4 nitrogen and oxygen atoms in total. The van der Waals surface area contributed by atoms with E-state index in [9.17, 15) is 4.79 Å². The second-order valence-corrected chi connectivity index (χ2v) is 1.63. The fourth-order valence-corrected chi connectivity index (χ4v) is 0.422. The van der Waals surface area contributed by atoms with Crippen LogP contribution in [0.5, 0.6) is 0 Å². The normalized spacial score (nSPS) is 12.7. The quantitative estimate of drug-likeness (QED) is 0.442. The molecule has 0 radical (unpaired) electrons. The maximum Gasteiger partial charge on any atom is 0.508 e. The molecule has 9 heavy (non-hydrogen) atoms. The third-order valence-electron chi connectivity index (χ3n) is 0.772. The van der Waals surface area contributed by atoms with Crippen molar-refractivity contribution in [3.63, 3.8) is 0 Å². The van der Waals surface area contributed by atoms with Crippen molar-refractivity contribution in [1.82, 2.24) is 0 Å². The Kier molecular flexibility index (Phi) is 3.79. The molecule has 0 aliphatic rings. The minimum Gasteiger partial charge on any atom is -0.450 e. The molecule has 0 bridgehead atoms. The SMILES string of the molecule is CCCC(O)OC(=O)O. The van der Waals surface area contributed by atoms with E-state index in [1.165, 1.54) is 0 Å². The van der Waals surface area contributed by atoms with Gasteiger partial charge in [-0.15, -0.1) is 0 Å². The van der Waals surface area contributed by atoms with E-state index >= 15 is 0 Å². The van der Waals surface area contributed by atoms with E-state index in [0.717, 1.165) is 0 Å². The molecule has 0 aromatic rings. The van der Waals surface area contributed by atoms with E-state index in [1.54, 1.807) is 0 Å². The van der Waals surface area contributed by atoms with Crippen LogP contribution in [0.4, 0.5) is 4.79 Å². The molecular weight excluding hydrogens is 124 g/mol. The summed E-state index contributed by atoms with van der Waals surface area (Å²) >= 11 is 0. The number of rotatable bonds is 3. The number of ether oxygens (including phenoxy) is 1. The van der Waals surface area contributed by atoms with Crippen LogP contribution >= 0.6 is 0 Å². The monoisotopic (exact) mass is 134 g/mol. The van der Waals surface area contributed by atoms with Crippen molar-refractivity contribution in [3.8, 4) is 0 Å². The lowest BCUT2D eigenvalue weighted by Crippen LogP contribution is -2.15. The molecule has 2 N–H and O–H groups in total. The largest absolute Gasteiger partial charge is 0.508 e. The zero-order valence-electron chi connectivity index (χ0n) is 5.20. The van der Waals surface area contributed by atoms with Crippen LogP contribution in [-0.4, -0.2) is 22.7 Å². The minimum atomic E-state index is -1.43. The Morgan fingerprint density at radius 3 is 2.67 bits per heavy atom. The van der Waals surface area contributed by atoms with Gasteiger partial charge in [0.05, 0.1) is 0 Å². The molecule has 0 heterocycles. The Hall–Kier alpha value is -0.770. The molecule has 0 aromatic heterocycles. The Morgan fingerprint density at radius 1 is 1.78 bits per heavy atom. The molecule has 0 aromatic carbocycles. The molecule has 0 amide bonds. The predicted octanol–water partition coefficient (Wildman–Crippen LogP) is 0.800. The van der Waals surface area contributed by atoms with Crippen LogP contribution in [0.25, 0.3) is 0 Å². The molecule has 0 rings (SSSR count). The summed E-state index contributed by atoms with van der Waals surface area (Å²) in [5.41, 5.74) is 0. The number of aliphatic hydroxyl groups is 1. The molecule has 4 heteroatoms. The second-order valence-electron chi connectivity index (χ2n) is 1.63.